The lowest BCUT2D eigenvalue weighted by Gasteiger charge is -2.31. The van der Waals surface area contributed by atoms with Crippen LogP contribution < -0.4 is 14.6 Å². The summed E-state index contributed by atoms with van der Waals surface area (Å²) >= 11 is 0. The normalized spacial score (nSPS) is 16.5. The zero-order valence-electron chi connectivity index (χ0n) is 13.2. The van der Waals surface area contributed by atoms with Gasteiger partial charge in [0.1, 0.15) is 11.3 Å². The van der Waals surface area contributed by atoms with Gasteiger partial charge < -0.3 is 14.6 Å². The van der Waals surface area contributed by atoms with Gasteiger partial charge >= 0.3 is 0 Å². The fourth-order valence-corrected chi connectivity index (χ4v) is 3.52. The van der Waals surface area contributed by atoms with E-state index in [1.54, 1.807) is 17.0 Å². The van der Waals surface area contributed by atoms with Crippen LogP contribution in [0.15, 0.2) is 18.2 Å². The molecule has 1 fully saturated rings. The summed E-state index contributed by atoms with van der Waals surface area (Å²) in [4.78, 5) is 21.5. The minimum absolute atomic E-state index is 0.138. The van der Waals surface area contributed by atoms with Gasteiger partial charge in [-0.2, -0.15) is 18.1 Å². The van der Waals surface area contributed by atoms with E-state index in [4.69, 9.17) is 9.88 Å². The van der Waals surface area contributed by atoms with Crippen molar-refractivity contribution in [3.63, 3.8) is 0 Å². The number of fused-ring (bicyclic) bond motifs is 1. The van der Waals surface area contributed by atoms with Gasteiger partial charge in [0.25, 0.3) is 16.1 Å². The first kappa shape index (κ1) is 16.7. The first-order chi connectivity index (χ1) is 11.4. The largest absolute Gasteiger partial charge is 0.481 e. The van der Waals surface area contributed by atoms with Gasteiger partial charge in [-0.15, -0.1) is 0 Å². The quantitative estimate of drug-likeness (QED) is 0.710. The van der Waals surface area contributed by atoms with Crippen LogP contribution in [0.5, 0.6) is 5.88 Å². The van der Waals surface area contributed by atoms with E-state index in [1.807, 2.05) is 6.07 Å². The van der Waals surface area contributed by atoms with Crippen molar-refractivity contribution in [1.29, 1.82) is 0 Å². The number of carbonyl (C=O) groups excluding carboxylic acids is 1. The Balaban J connectivity index is 1.69. The molecule has 2 aromatic heterocycles. The van der Waals surface area contributed by atoms with Gasteiger partial charge in [-0.25, -0.2) is 5.14 Å². The topological polar surface area (TPSA) is 130 Å². The number of hydrogen-bond donors (Lipinski definition) is 3. The zero-order valence-corrected chi connectivity index (χ0v) is 14.0. The molecule has 3 heterocycles. The number of piperidine rings is 1. The summed E-state index contributed by atoms with van der Waals surface area (Å²) in [5, 5.41) is 5.80. The summed E-state index contributed by atoms with van der Waals surface area (Å²) < 4.78 is 29.5. The van der Waals surface area contributed by atoms with Crippen LogP contribution in [-0.2, 0) is 10.2 Å². The number of nitrogens with zero attached hydrogens (tertiary/aromatic N) is 2. The average Bonchev–Trinajstić information content (AvgIpc) is 2.96. The number of nitrogens with one attached hydrogen (secondary N) is 2. The first-order valence-electron chi connectivity index (χ1n) is 7.49. The Kier molecular flexibility index (Phi) is 4.43. The Morgan fingerprint density at radius 1 is 1.42 bits per heavy atom. The Morgan fingerprint density at radius 3 is 2.75 bits per heavy atom. The third-order valence-corrected chi connectivity index (χ3v) is 4.67. The van der Waals surface area contributed by atoms with Crippen LogP contribution in [-0.4, -0.2) is 55.4 Å². The van der Waals surface area contributed by atoms with Crippen LogP contribution in [0.1, 0.15) is 23.3 Å². The van der Waals surface area contributed by atoms with Crippen molar-refractivity contribution < 1.29 is 17.9 Å². The Hall–Kier alpha value is -2.17. The van der Waals surface area contributed by atoms with E-state index in [0.29, 0.717) is 43.2 Å². The molecule has 4 N–H and O–H groups in total. The fourth-order valence-electron chi connectivity index (χ4n) is 2.82. The monoisotopic (exact) mass is 353 g/mol. The minimum atomic E-state index is -3.72. The summed E-state index contributed by atoms with van der Waals surface area (Å²) in [7, 11) is -2.19. The number of hydrogen-bond acceptors (Lipinski definition) is 5. The van der Waals surface area contributed by atoms with E-state index in [0.717, 1.165) is 5.39 Å². The summed E-state index contributed by atoms with van der Waals surface area (Å²) in [5.74, 6) is 0.333. The number of amides is 1. The average molecular weight is 353 g/mol. The number of aromatic amines is 1. The van der Waals surface area contributed by atoms with E-state index < -0.39 is 10.2 Å². The molecule has 0 saturated carbocycles. The Morgan fingerprint density at radius 2 is 2.12 bits per heavy atom. The van der Waals surface area contributed by atoms with Gasteiger partial charge in [-0.05, 0) is 25.0 Å². The second kappa shape index (κ2) is 6.38. The number of rotatable bonds is 4. The molecule has 0 atom stereocenters. The summed E-state index contributed by atoms with van der Waals surface area (Å²) in [5.41, 5.74) is 1.03. The van der Waals surface area contributed by atoms with Gasteiger partial charge in [-0.3, -0.25) is 4.79 Å². The maximum absolute atomic E-state index is 12.6. The molecule has 24 heavy (non-hydrogen) atoms. The van der Waals surface area contributed by atoms with E-state index >= 15 is 0 Å². The molecule has 1 aliphatic heterocycles. The number of nitrogens with two attached hydrogens (primary N) is 1. The molecular formula is C14H19N5O4S. The van der Waals surface area contributed by atoms with E-state index in [1.165, 1.54) is 7.11 Å². The lowest BCUT2D eigenvalue weighted by molar-refractivity contribution is 0.0706. The molecular weight excluding hydrogens is 334 g/mol. The number of carbonyl (C=O) groups is 1. The molecule has 0 unspecified atom stereocenters. The predicted octanol–water partition coefficient (Wildman–Crippen LogP) is -0.0308. The van der Waals surface area contributed by atoms with Crippen molar-refractivity contribution in [2.45, 2.75) is 18.9 Å². The predicted molar refractivity (Wildman–Crippen MR) is 87.8 cm³/mol. The van der Waals surface area contributed by atoms with Crippen molar-refractivity contribution in [1.82, 2.24) is 19.6 Å². The lowest BCUT2D eigenvalue weighted by Crippen LogP contribution is -2.48. The van der Waals surface area contributed by atoms with Gasteiger partial charge in [0.05, 0.1) is 7.11 Å². The maximum Gasteiger partial charge on any atom is 0.274 e. The van der Waals surface area contributed by atoms with Crippen LogP contribution in [0, 0.1) is 0 Å². The van der Waals surface area contributed by atoms with Gasteiger partial charge in [0, 0.05) is 30.6 Å². The molecule has 1 saturated heterocycles. The summed E-state index contributed by atoms with van der Waals surface area (Å²) in [6, 6.07) is 5.07. The van der Waals surface area contributed by atoms with E-state index in [9.17, 15) is 13.2 Å². The molecule has 10 heteroatoms. The molecule has 2 aromatic rings. The highest BCUT2D eigenvalue weighted by Crippen LogP contribution is 2.20. The second-order valence-electron chi connectivity index (χ2n) is 5.70. The van der Waals surface area contributed by atoms with Crippen LogP contribution in [0.4, 0.5) is 0 Å². The van der Waals surface area contributed by atoms with Gasteiger partial charge in [-0.1, -0.05) is 0 Å². The highest BCUT2D eigenvalue weighted by atomic mass is 32.2. The molecule has 0 spiro atoms. The van der Waals surface area contributed by atoms with Crippen molar-refractivity contribution in [3.05, 3.63) is 23.9 Å². The first-order valence-corrected chi connectivity index (χ1v) is 9.03. The number of H-pyrrole nitrogens is 1. The van der Waals surface area contributed by atoms with E-state index in [-0.39, 0.29) is 11.9 Å². The van der Waals surface area contributed by atoms with E-state index in [2.05, 4.69) is 14.7 Å². The fraction of sp³-hybridized carbons (Fsp3) is 0.429. The molecule has 9 nitrogen and oxygen atoms in total. The standard InChI is InChI=1S/C14H19N5O4S/c1-23-12-3-2-9-8-11(16-13(9)17-12)14(20)19-6-4-10(5-7-19)18-24(15,21)22/h2-3,8,10,18H,4-7H2,1H3,(H,16,17)(H2,15,21,22). The highest BCUT2D eigenvalue weighted by molar-refractivity contribution is 7.87. The second-order valence-corrected chi connectivity index (χ2v) is 7.03. The van der Waals surface area contributed by atoms with Crippen LogP contribution in [0.25, 0.3) is 11.0 Å². The number of likely N-dealkylation sites (tertiary alicyclic amines) is 1. The van der Waals surface area contributed by atoms with Crippen molar-refractivity contribution in [2.75, 3.05) is 20.2 Å². The van der Waals surface area contributed by atoms with Crippen LogP contribution in [0.3, 0.4) is 0 Å². The Labute approximate surface area is 139 Å². The molecule has 0 bridgehead atoms. The molecule has 3 rings (SSSR count). The number of ether oxygens (including phenoxy) is 1. The lowest BCUT2D eigenvalue weighted by atomic mass is 10.1. The highest BCUT2D eigenvalue weighted by Gasteiger charge is 2.26. The summed E-state index contributed by atoms with van der Waals surface area (Å²) in [6.07, 6.45) is 1.04. The number of pyridine rings is 1. The van der Waals surface area contributed by atoms with Crippen molar-refractivity contribution in [3.8, 4) is 5.88 Å². The smallest absolute Gasteiger partial charge is 0.274 e. The summed E-state index contributed by atoms with van der Waals surface area (Å²) in [6.45, 7) is 0.913. The van der Waals surface area contributed by atoms with Crippen molar-refractivity contribution >= 4 is 27.1 Å². The van der Waals surface area contributed by atoms with Gasteiger partial charge in [0.15, 0.2) is 0 Å². The third-order valence-electron chi connectivity index (χ3n) is 4.01. The molecule has 0 aromatic carbocycles. The van der Waals surface area contributed by atoms with Crippen LogP contribution in [0.2, 0.25) is 0 Å². The molecule has 1 amide bonds. The van der Waals surface area contributed by atoms with Gasteiger partial charge in [0.2, 0.25) is 5.88 Å². The molecule has 0 aliphatic carbocycles. The van der Waals surface area contributed by atoms with Crippen LogP contribution >= 0.6 is 0 Å². The number of methoxy groups -OCH3 is 1. The molecule has 130 valence electrons. The van der Waals surface area contributed by atoms with Crippen molar-refractivity contribution in [2.24, 2.45) is 5.14 Å². The third kappa shape index (κ3) is 3.66. The Bertz CT molecular complexity index is 855. The molecule has 1 aliphatic rings. The number of aromatic nitrogens is 2. The molecule has 0 radical (unpaired) electrons. The minimum Gasteiger partial charge on any atom is -0.481 e. The zero-order chi connectivity index (χ0) is 17.3. The SMILES string of the molecule is COc1ccc2cc(C(=O)N3CCC(NS(N)(=O)=O)CC3)[nH]c2n1. The maximum atomic E-state index is 12.6.